The summed E-state index contributed by atoms with van der Waals surface area (Å²) < 4.78 is 23.9. The summed E-state index contributed by atoms with van der Waals surface area (Å²) in [5.41, 5.74) is 4.89. The molecule has 33 heavy (non-hydrogen) atoms. The summed E-state index contributed by atoms with van der Waals surface area (Å²) in [5, 5.41) is 21.7. The van der Waals surface area contributed by atoms with Gasteiger partial charge in [-0.15, -0.1) is 0 Å². The predicted molar refractivity (Wildman–Crippen MR) is 127 cm³/mol. The fourth-order valence-electron chi connectivity index (χ4n) is 3.57. The van der Waals surface area contributed by atoms with E-state index in [2.05, 4.69) is 27.0 Å². The smallest absolute Gasteiger partial charge is 0.258 e. The molecule has 2 N–H and O–H groups in total. The van der Waals surface area contributed by atoms with Gasteiger partial charge in [-0.3, -0.25) is 0 Å². The molecule has 4 rings (SSSR count). The number of fused-ring (bicyclic) bond motifs is 1. The molecule has 9 heteroatoms. The van der Waals surface area contributed by atoms with Crippen molar-refractivity contribution in [3.8, 4) is 34.7 Å². The van der Waals surface area contributed by atoms with Crippen molar-refractivity contribution >= 4 is 11.0 Å². The molecule has 8 nitrogen and oxygen atoms in total. The minimum Gasteiger partial charge on any atom is -0.490 e. The molecule has 0 saturated heterocycles. The third kappa shape index (κ3) is 6.26. The molecular weight excluding hydrogens is 440 g/mol. The third-order valence-corrected chi connectivity index (χ3v) is 6.04. The number of aryl methyl sites for hydroxylation is 1. The molecule has 1 aromatic heterocycles. The van der Waals surface area contributed by atoms with E-state index in [1.54, 1.807) is 19.2 Å². The predicted octanol–water partition coefficient (Wildman–Crippen LogP) is 3.41. The molecule has 0 aliphatic heterocycles. The van der Waals surface area contributed by atoms with E-state index in [9.17, 15) is 9.47 Å². The van der Waals surface area contributed by atoms with Crippen LogP contribution in [0.3, 0.4) is 0 Å². The van der Waals surface area contributed by atoms with Crippen molar-refractivity contribution in [1.29, 1.82) is 5.26 Å². The van der Waals surface area contributed by atoms with Gasteiger partial charge in [-0.25, -0.2) is 8.93 Å². The van der Waals surface area contributed by atoms with Crippen molar-refractivity contribution in [2.45, 2.75) is 39.2 Å². The Bertz CT molecular complexity index is 1150. The molecule has 0 spiro atoms. The zero-order chi connectivity index (χ0) is 23.8. The molecule has 0 amide bonds. The van der Waals surface area contributed by atoms with E-state index in [-0.39, 0.29) is 12.7 Å². The molecule has 2 aromatic carbocycles. The van der Waals surface area contributed by atoms with Crippen LogP contribution in [0.25, 0.3) is 22.8 Å². The number of benzene rings is 2. The van der Waals surface area contributed by atoms with Gasteiger partial charge in [0.2, 0.25) is 5.82 Å². The van der Waals surface area contributed by atoms with Gasteiger partial charge < -0.3 is 14.4 Å². The number of nitriles is 1. The first-order valence-corrected chi connectivity index (χ1v) is 12.1. The van der Waals surface area contributed by atoms with E-state index in [0.717, 1.165) is 18.4 Å². The largest absolute Gasteiger partial charge is 0.490 e. The molecular formula is C24H28N4O4S. The summed E-state index contributed by atoms with van der Waals surface area (Å²) in [5.74, 6) is 1.88. The van der Waals surface area contributed by atoms with Crippen LogP contribution < -0.4 is 9.46 Å². The average Bonchev–Trinajstić information content (AvgIpc) is 3.49. The Labute approximate surface area is 196 Å². The van der Waals surface area contributed by atoms with Gasteiger partial charge in [-0.2, -0.15) is 10.2 Å². The van der Waals surface area contributed by atoms with Crippen LogP contribution >= 0.6 is 0 Å². The van der Waals surface area contributed by atoms with Crippen molar-refractivity contribution in [2.75, 3.05) is 19.4 Å². The van der Waals surface area contributed by atoms with E-state index in [1.165, 1.54) is 17.5 Å². The van der Waals surface area contributed by atoms with E-state index < -0.39 is 11.0 Å². The number of nitrogens with zero attached hydrogens (tertiary/aromatic N) is 3. The zero-order valence-electron chi connectivity index (χ0n) is 19.0. The highest BCUT2D eigenvalue weighted by Crippen LogP contribution is 2.32. The first-order valence-electron chi connectivity index (χ1n) is 10.8. The van der Waals surface area contributed by atoms with Crippen LogP contribution in [0, 0.1) is 11.3 Å². The summed E-state index contributed by atoms with van der Waals surface area (Å²) in [6.45, 7) is 3.84. The van der Waals surface area contributed by atoms with Crippen LogP contribution in [0.15, 0.2) is 40.9 Å². The van der Waals surface area contributed by atoms with Crippen LogP contribution in [0.1, 0.15) is 37.0 Å². The minimum atomic E-state index is -1.03. The van der Waals surface area contributed by atoms with E-state index in [1.807, 2.05) is 32.0 Å². The lowest BCUT2D eigenvalue weighted by molar-refractivity contribution is 0.241. The fourth-order valence-corrected chi connectivity index (χ4v) is 3.94. The van der Waals surface area contributed by atoms with Crippen LogP contribution in [-0.2, 0) is 23.8 Å². The number of ether oxygens (including phenoxy) is 1. The second-order valence-corrected chi connectivity index (χ2v) is 9.19. The van der Waals surface area contributed by atoms with Crippen molar-refractivity contribution in [3.63, 3.8) is 0 Å². The van der Waals surface area contributed by atoms with Gasteiger partial charge in [-0.1, -0.05) is 23.4 Å². The van der Waals surface area contributed by atoms with Crippen LogP contribution in [0.5, 0.6) is 5.75 Å². The maximum atomic E-state index is 10.3. The standard InChI is InChI=1S/C21H19N3O2.C3H9NO2S/c1-13(2)25-19-10-9-15(11-16(19)12-22)21-23-20(24-26-21)18-8-4-6-14-5-3-7-17(14)18;1-4-7(6)3-2-5/h4,6,8-11,13H,3,5,7H2,1-2H3;4-5H,2-3H2,1H3. The Morgan fingerprint density at radius 1 is 1.30 bits per heavy atom. The van der Waals surface area contributed by atoms with Crippen molar-refractivity contribution in [1.82, 2.24) is 14.9 Å². The van der Waals surface area contributed by atoms with Gasteiger partial charge in [0, 0.05) is 11.1 Å². The lowest BCUT2D eigenvalue weighted by Crippen LogP contribution is -2.15. The van der Waals surface area contributed by atoms with Crippen molar-refractivity contribution in [2.24, 2.45) is 0 Å². The van der Waals surface area contributed by atoms with Crippen LogP contribution in [0.2, 0.25) is 0 Å². The second-order valence-electron chi connectivity index (χ2n) is 7.69. The molecule has 0 bridgehead atoms. The highest BCUT2D eigenvalue weighted by Gasteiger charge is 2.20. The first kappa shape index (κ1) is 24.6. The number of aliphatic hydroxyl groups is 1. The Kier molecular flexibility index (Phi) is 8.72. The molecule has 1 aliphatic carbocycles. The SMILES string of the molecule is CC(C)Oc1ccc(-c2nc(-c3cccc4c3CCC4)no2)cc1C#N.CNS(=O)CCO. The molecule has 1 atom stereocenters. The maximum Gasteiger partial charge on any atom is 0.258 e. The highest BCUT2D eigenvalue weighted by atomic mass is 32.2. The number of hydrogen-bond donors (Lipinski definition) is 2. The Morgan fingerprint density at radius 2 is 2.12 bits per heavy atom. The Balaban J connectivity index is 0.000000383. The van der Waals surface area contributed by atoms with Gasteiger partial charge in [-0.05, 0) is 69.5 Å². The van der Waals surface area contributed by atoms with E-state index in [0.29, 0.717) is 34.3 Å². The lowest BCUT2D eigenvalue weighted by Gasteiger charge is -2.11. The normalized spacial score (nSPS) is 13.1. The summed E-state index contributed by atoms with van der Waals surface area (Å²) in [7, 11) is 0.562. The van der Waals surface area contributed by atoms with Gasteiger partial charge in [0.15, 0.2) is 0 Å². The molecule has 1 unspecified atom stereocenters. The lowest BCUT2D eigenvalue weighted by atomic mass is 10.0. The summed E-state index contributed by atoms with van der Waals surface area (Å²) in [6, 6.07) is 13.8. The van der Waals surface area contributed by atoms with E-state index in [4.69, 9.17) is 14.4 Å². The third-order valence-electron chi connectivity index (χ3n) is 5.03. The van der Waals surface area contributed by atoms with Crippen LogP contribution in [0.4, 0.5) is 0 Å². The number of nitrogens with one attached hydrogen (secondary N) is 1. The molecule has 3 aromatic rings. The molecule has 1 aliphatic rings. The molecule has 174 valence electrons. The average molecular weight is 469 g/mol. The topological polar surface area (TPSA) is 121 Å². The highest BCUT2D eigenvalue weighted by molar-refractivity contribution is 7.83. The maximum absolute atomic E-state index is 10.3. The Morgan fingerprint density at radius 3 is 2.79 bits per heavy atom. The monoisotopic (exact) mass is 468 g/mol. The van der Waals surface area contributed by atoms with Gasteiger partial charge in [0.25, 0.3) is 5.89 Å². The summed E-state index contributed by atoms with van der Waals surface area (Å²) in [6.07, 6.45) is 3.33. The van der Waals surface area contributed by atoms with Gasteiger partial charge in [0.1, 0.15) is 11.8 Å². The molecule has 0 saturated carbocycles. The second kappa shape index (κ2) is 11.7. The van der Waals surface area contributed by atoms with Gasteiger partial charge >= 0.3 is 0 Å². The van der Waals surface area contributed by atoms with Crippen molar-refractivity contribution < 1.29 is 18.6 Å². The number of aliphatic hydroxyl groups excluding tert-OH is 1. The number of aromatic nitrogens is 2. The Hall–Kier alpha value is -3.06. The summed E-state index contributed by atoms with van der Waals surface area (Å²) >= 11 is 0. The number of hydrogen-bond acceptors (Lipinski definition) is 7. The first-order chi connectivity index (χ1) is 16.0. The van der Waals surface area contributed by atoms with Crippen LogP contribution in [-0.4, -0.2) is 45.0 Å². The molecule has 0 radical (unpaired) electrons. The fraction of sp³-hybridized carbons (Fsp3) is 0.375. The molecule has 0 fully saturated rings. The van der Waals surface area contributed by atoms with E-state index >= 15 is 0 Å². The summed E-state index contributed by atoms with van der Waals surface area (Å²) in [4.78, 5) is 4.57. The number of rotatable bonds is 7. The zero-order valence-corrected chi connectivity index (χ0v) is 19.8. The minimum absolute atomic E-state index is 0.00290. The molecule has 1 heterocycles. The van der Waals surface area contributed by atoms with Gasteiger partial charge in [0.05, 0.1) is 35.0 Å². The van der Waals surface area contributed by atoms with Crippen molar-refractivity contribution in [3.05, 3.63) is 53.1 Å². The quantitative estimate of drug-likeness (QED) is 0.545.